The molecule has 2 N–H and O–H groups in total. The Morgan fingerprint density at radius 1 is 1.11 bits per heavy atom. The Morgan fingerprint density at radius 2 is 1.78 bits per heavy atom. The maximum Gasteiger partial charge on any atom is 0.243 e. The SMILES string of the molecule is CCN(CC)S(=O)(=O)c1ccc(N2CCOCC2)c(NC(=O)C[C@@H](NC(C)=O)c2ccccc2Cl)c1. The number of nitrogens with zero attached hydrogens (tertiary/aromatic N) is 2. The van der Waals surface area contributed by atoms with Crippen molar-refractivity contribution in [2.45, 2.75) is 38.1 Å². The third-order valence-electron chi connectivity index (χ3n) is 5.98. The van der Waals surface area contributed by atoms with Crippen LogP contribution in [0, 0.1) is 0 Å². The van der Waals surface area contributed by atoms with Gasteiger partial charge in [-0.3, -0.25) is 9.59 Å². The summed E-state index contributed by atoms with van der Waals surface area (Å²) in [6.45, 7) is 7.89. The Hall–Kier alpha value is -2.66. The van der Waals surface area contributed by atoms with Crippen molar-refractivity contribution < 1.29 is 22.7 Å². The second-order valence-corrected chi connectivity index (χ2v) is 10.7. The summed E-state index contributed by atoms with van der Waals surface area (Å²) in [6, 6.07) is 11.1. The van der Waals surface area contributed by atoms with Gasteiger partial charge in [-0.1, -0.05) is 43.6 Å². The normalized spacial score (nSPS) is 15.0. The van der Waals surface area contributed by atoms with Crippen LogP contribution in [0.4, 0.5) is 11.4 Å². The highest BCUT2D eigenvalue weighted by Crippen LogP contribution is 2.32. The van der Waals surface area contributed by atoms with E-state index in [4.69, 9.17) is 16.3 Å². The van der Waals surface area contributed by atoms with Gasteiger partial charge in [0.25, 0.3) is 0 Å². The van der Waals surface area contributed by atoms with Gasteiger partial charge in [0.2, 0.25) is 21.8 Å². The number of hydrogen-bond donors (Lipinski definition) is 2. The van der Waals surface area contributed by atoms with Gasteiger partial charge in [-0.2, -0.15) is 4.31 Å². The van der Waals surface area contributed by atoms with E-state index < -0.39 is 16.1 Å². The van der Waals surface area contributed by atoms with Crippen LogP contribution in [0.15, 0.2) is 47.4 Å². The van der Waals surface area contributed by atoms with Gasteiger partial charge in [0.15, 0.2) is 0 Å². The van der Waals surface area contributed by atoms with Crippen LogP contribution in [-0.4, -0.2) is 63.9 Å². The van der Waals surface area contributed by atoms with Crippen molar-refractivity contribution in [2.24, 2.45) is 0 Å². The third-order valence-corrected chi connectivity index (χ3v) is 8.37. The molecule has 2 aromatic rings. The third kappa shape index (κ3) is 6.76. The molecular weight excluding hydrogens is 504 g/mol. The van der Waals surface area contributed by atoms with Crippen molar-refractivity contribution in [3.8, 4) is 0 Å². The Labute approximate surface area is 217 Å². The minimum atomic E-state index is -3.73. The van der Waals surface area contributed by atoms with E-state index in [-0.39, 0.29) is 23.1 Å². The van der Waals surface area contributed by atoms with E-state index in [1.54, 1.807) is 50.2 Å². The molecule has 196 valence electrons. The summed E-state index contributed by atoms with van der Waals surface area (Å²) in [7, 11) is -3.73. The molecule has 1 atom stereocenters. The molecule has 0 aliphatic carbocycles. The van der Waals surface area contributed by atoms with Crippen LogP contribution in [0.3, 0.4) is 0 Å². The van der Waals surface area contributed by atoms with Gasteiger partial charge in [0.05, 0.1) is 41.9 Å². The second kappa shape index (κ2) is 12.5. The molecule has 0 aromatic heterocycles. The number of ether oxygens (including phenoxy) is 1. The van der Waals surface area contributed by atoms with E-state index in [2.05, 4.69) is 10.6 Å². The maximum absolute atomic E-state index is 13.2. The number of nitrogens with one attached hydrogen (secondary N) is 2. The fourth-order valence-electron chi connectivity index (χ4n) is 4.20. The van der Waals surface area contributed by atoms with Gasteiger partial charge in [-0.25, -0.2) is 8.42 Å². The Morgan fingerprint density at radius 3 is 2.39 bits per heavy atom. The van der Waals surface area contributed by atoms with Crippen LogP contribution < -0.4 is 15.5 Å². The van der Waals surface area contributed by atoms with Crippen molar-refractivity contribution in [1.82, 2.24) is 9.62 Å². The summed E-state index contributed by atoms with van der Waals surface area (Å²) in [6.07, 6.45) is -0.0844. The maximum atomic E-state index is 13.2. The molecule has 9 nitrogen and oxygen atoms in total. The van der Waals surface area contributed by atoms with E-state index >= 15 is 0 Å². The number of sulfonamides is 1. The van der Waals surface area contributed by atoms with E-state index in [9.17, 15) is 18.0 Å². The van der Waals surface area contributed by atoms with Crippen LogP contribution in [0.5, 0.6) is 0 Å². The molecule has 0 unspecified atom stereocenters. The zero-order valence-corrected chi connectivity index (χ0v) is 22.4. The van der Waals surface area contributed by atoms with Crippen LogP contribution in [0.25, 0.3) is 0 Å². The number of morpholine rings is 1. The number of anilines is 2. The average Bonchev–Trinajstić information content (AvgIpc) is 2.84. The largest absolute Gasteiger partial charge is 0.378 e. The fourth-order valence-corrected chi connectivity index (χ4v) is 5.95. The lowest BCUT2D eigenvalue weighted by Gasteiger charge is -2.31. The second-order valence-electron chi connectivity index (χ2n) is 8.39. The van der Waals surface area contributed by atoms with Crippen LogP contribution in [0.2, 0.25) is 5.02 Å². The molecule has 1 saturated heterocycles. The molecule has 0 bridgehead atoms. The number of benzene rings is 2. The Kier molecular flexibility index (Phi) is 9.72. The standard InChI is InChI=1S/C25H33ClN4O5S/c1-4-30(5-2)36(33,34)19-10-11-24(29-12-14-35-15-13-29)23(16-19)28-25(32)17-22(27-18(3)31)20-8-6-7-9-21(20)26/h6-11,16,22H,4-5,12-15,17H2,1-3H3,(H,27,31)(H,28,32)/t22-/m1/s1. The fraction of sp³-hybridized carbons (Fsp3) is 0.440. The Balaban J connectivity index is 1.94. The zero-order chi connectivity index (χ0) is 26.3. The number of amides is 2. The van der Waals surface area contributed by atoms with E-state index in [1.807, 2.05) is 4.90 Å². The lowest BCUT2D eigenvalue weighted by atomic mass is 10.0. The van der Waals surface area contributed by atoms with Gasteiger partial charge in [0.1, 0.15) is 0 Å². The van der Waals surface area contributed by atoms with E-state index in [0.29, 0.717) is 61.4 Å². The topological polar surface area (TPSA) is 108 Å². The molecular formula is C25H33ClN4O5S. The predicted molar refractivity (Wildman–Crippen MR) is 141 cm³/mol. The van der Waals surface area contributed by atoms with Gasteiger partial charge in [-0.15, -0.1) is 0 Å². The molecule has 11 heteroatoms. The highest BCUT2D eigenvalue weighted by molar-refractivity contribution is 7.89. The summed E-state index contributed by atoms with van der Waals surface area (Å²) < 4.78 is 33.1. The van der Waals surface area contributed by atoms with Gasteiger partial charge in [-0.05, 0) is 29.8 Å². The summed E-state index contributed by atoms with van der Waals surface area (Å²) in [5.74, 6) is -0.686. The summed E-state index contributed by atoms with van der Waals surface area (Å²) >= 11 is 6.33. The van der Waals surface area contributed by atoms with E-state index in [1.165, 1.54) is 17.3 Å². The van der Waals surface area contributed by atoms with Crippen molar-refractivity contribution in [2.75, 3.05) is 49.6 Å². The summed E-state index contributed by atoms with van der Waals surface area (Å²) in [5.41, 5.74) is 1.71. The van der Waals surface area contributed by atoms with Crippen molar-refractivity contribution in [1.29, 1.82) is 0 Å². The summed E-state index contributed by atoms with van der Waals surface area (Å²) in [4.78, 5) is 27.2. The zero-order valence-electron chi connectivity index (χ0n) is 20.8. The first-order valence-corrected chi connectivity index (χ1v) is 13.8. The molecule has 3 rings (SSSR count). The van der Waals surface area contributed by atoms with Crippen molar-refractivity contribution in [3.05, 3.63) is 53.1 Å². The Bertz CT molecular complexity index is 1180. The van der Waals surface area contributed by atoms with Crippen LogP contribution >= 0.6 is 11.6 Å². The minimum Gasteiger partial charge on any atom is -0.378 e. The molecule has 0 saturated carbocycles. The first kappa shape index (κ1) is 27.9. The lowest BCUT2D eigenvalue weighted by Crippen LogP contribution is -2.37. The molecule has 1 aliphatic rings. The number of halogens is 1. The van der Waals surface area contributed by atoms with Crippen molar-refractivity contribution in [3.63, 3.8) is 0 Å². The number of rotatable bonds is 10. The highest BCUT2D eigenvalue weighted by atomic mass is 35.5. The molecule has 0 radical (unpaired) electrons. The van der Waals surface area contributed by atoms with Crippen molar-refractivity contribution >= 4 is 44.8 Å². The van der Waals surface area contributed by atoms with Gasteiger partial charge >= 0.3 is 0 Å². The molecule has 2 amide bonds. The lowest BCUT2D eigenvalue weighted by molar-refractivity contribution is -0.120. The quantitative estimate of drug-likeness (QED) is 0.482. The van der Waals surface area contributed by atoms with Gasteiger partial charge < -0.3 is 20.3 Å². The number of carbonyl (C=O) groups excluding carboxylic acids is 2. The number of hydrogen-bond acceptors (Lipinski definition) is 6. The van der Waals surface area contributed by atoms with Crippen LogP contribution in [0.1, 0.15) is 38.8 Å². The summed E-state index contributed by atoms with van der Waals surface area (Å²) in [5, 5.41) is 6.11. The molecule has 36 heavy (non-hydrogen) atoms. The van der Waals surface area contributed by atoms with Crippen LogP contribution in [-0.2, 0) is 24.3 Å². The monoisotopic (exact) mass is 536 g/mol. The van der Waals surface area contributed by atoms with E-state index in [0.717, 1.165) is 0 Å². The smallest absolute Gasteiger partial charge is 0.243 e. The first-order chi connectivity index (χ1) is 17.2. The predicted octanol–water partition coefficient (Wildman–Crippen LogP) is 3.41. The number of carbonyl (C=O) groups is 2. The average molecular weight is 537 g/mol. The molecule has 0 spiro atoms. The first-order valence-electron chi connectivity index (χ1n) is 12.0. The molecule has 1 heterocycles. The minimum absolute atomic E-state index is 0.0844. The molecule has 2 aromatic carbocycles. The molecule has 1 aliphatic heterocycles. The van der Waals surface area contributed by atoms with Gasteiger partial charge in [0, 0.05) is 38.1 Å². The molecule has 1 fully saturated rings. The highest BCUT2D eigenvalue weighted by Gasteiger charge is 2.26.